The number of halogens is 1. The standard InChI is InChI=1S/C19H20N2O3.ClH/c1-21(11-13-7-8-17-18(10-13)24-12-23-17)19(22)15-4-2-6-16-14(15)5-3-9-20-16;/h2,4,6-8,10,20H,3,5,9,11-12H2,1H3;1H. The summed E-state index contributed by atoms with van der Waals surface area (Å²) in [5, 5.41) is 3.37. The number of nitrogens with zero attached hydrogens (tertiary/aromatic N) is 1. The minimum atomic E-state index is 0. The average molecular weight is 361 g/mol. The number of hydrogen-bond acceptors (Lipinski definition) is 4. The summed E-state index contributed by atoms with van der Waals surface area (Å²) in [5.41, 5.74) is 4.04. The van der Waals surface area contributed by atoms with Crippen LogP contribution in [0.1, 0.15) is 27.9 Å². The minimum absolute atomic E-state index is 0. The summed E-state index contributed by atoms with van der Waals surface area (Å²) in [7, 11) is 1.84. The second-order valence-electron chi connectivity index (χ2n) is 6.21. The molecule has 132 valence electrons. The lowest BCUT2D eigenvalue weighted by molar-refractivity contribution is 0.0784. The number of ether oxygens (including phenoxy) is 2. The first-order valence-electron chi connectivity index (χ1n) is 8.22. The van der Waals surface area contributed by atoms with Crippen molar-refractivity contribution in [1.82, 2.24) is 4.90 Å². The van der Waals surface area contributed by atoms with E-state index < -0.39 is 0 Å². The highest BCUT2D eigenvalue weighted by atomic mass is 35.5. The molecule has 2 aliphatic rings. The lowest BCUT2D eigenvalue weighted by atomic mass is 9.97. The Morgan fingerprint density at radius 2 is 2.04 bits per heavy atom. The Balaban J connectivity index is 0.00000182. The highest BCUT2D eigenvalue weighted by Crippen LogP contribution is 2.33. The zero-order valence-electron chi connectivity index (χ0n) is 14.1. The van der Waals surface area contributed by atoms with E-state index in [1.54, 1.807) is 4.90 Å². The van der Waals surface area contributed by atoms with Crippen LogP contribution in [0.5, 0.6) is 11.5 Å². The fourth-order valence-electron chi connectivity index (χ4n) is 3.30. The summed E-state index contributed by atoms with van der Waals surface area (Å²) in [4.78, 5) is 14.6. The zero-order chi connectivity index (χ0) is 16.5. The molecule has 0 radical (unpaired) electrons. The van der Waals surface area contributed by atoms with Crippen LogP contribution in [0.15, 0.2) is 36.4 Å². The van der Waals surface area contributed by atoms with Crippen LogP contribution >= 0.6 is 12.4 Å². The predicted octanol–water partition coefficient (Wildman–Crippen LogP) is 3.47. The van der Waals surface area contributed by atoms with E-state index in [0.717, 1.165) is 53.3 Å². The topological polar surface area (TPSA) is 50.8 Å². The number of amides is 1. The maximum atomic E-state index is 12.9. The van der Waals surface area contributed by atoms with Gasteiger partial charge in [0.05, 0.1) is 0 Å². The first kappa shape index (κ1) is 17.4. The van der Waals surface area contributed by atoms with Gasteiger partial charge in [-0.1, -0.05) is 12.1 Å². The first-order valence-corrected chi connectivity index (χ1v) is 8.22. The summed E-state index contributed by atoms with van der Waals surface area (Å²) in [5.74, 6) is 1.55. The SMILES string of the molecule is CN(Cc1ccc2c(c1)OCO2)C(=O)c1cccc2c1CCCN2.Cl. The van der Waals surface area contributed by atoms with Crippen molar-refractivity contribution in [1.29, 1.82) is 0 Å². The van der Waals surface area contributed by atoms with Gasteiger partial charge in [-0.2, -0.15) is 0 Å². The van der Waals surface area contributed by atoms with Gasteiger partial charge >= 0.3 is 0 Å². The monoisotopic (exact) mass is 360 g/mol. The summed E-state index contributed by atoms with van der Waals surface area (Å²) >= 11 is 0. The van der Waals surface area contributed by atoms with E-state index >= 15 is 0 Å². The molecule has 0 saturated heterocycles. The molecule has 0 aromatic heterocycles. The Labute approximate surface area is 153 Å². The maximum absolute atomic E-state index is 12.9. The van der Waals surface area contributed by atoms with Gasteiger partial charge < -0.3 is 19.7 Å². The van der Waals surface area contributed by atoms with Crippen molar-refractivity contribution in [3.63, 3.8) is 0 Å². The Hall–Kier alpha value is -2.40. The minimum Gasteiger partial charge on any atom is -0.454 e. The molecule has 4 rings (SSSR count). The van der Waals surface area contributed by atoms with E-state index in [9.17, 15) is 4.79 Å². The van der Waals surface area contributed by atoms with Crippen LogP contribution in [-0.4, -0.2) is 31.2 Å². The molecule has 0 saturated carbocycles. The lowest BCUT2D eigenvalue weighted by Crippen LogP contribution is -2.28. The maximum Gasteiger partial charge on any atom is 0.254 e. The molecule has 5 nitrogen and oxygen atoms in total. The number of rotatable bonds is 3. The Morgan fingerprint density at radius 3 is 2.92 bits per heavy atom. The molecule has 6 heteroatoms. The zero-order valence-corrected chi connectivity index (χ0v) is 14.9. The molecule has 2 aromatic carbocycles. The molecule has 0 bridgehead atoms. The molecule has 1 amide bonds. The summed E-state index contributed by atoms with van der Waals surface area (Å²) in [6, 6.07) is 11.7. The third kappa shape index (κ3) is 3.37. The van der Waals surface area contributed by atoms with Gasteiger partial charge in [-0.05, 0) is 48.2 Å². The molecule has 0 unspecified atom stereocenters. The second-order valence-corrected chi connectivity index (χ2v) is 6.21. The van der Waals surface area contributed by atoms with E-state index in [0.29, 0.717) is 6.54 Å². The van der Waals surface area contributed by atoms with Crippen molar-refractivity contribution in [2.75, 3.05) is 25.7 Å². The van der Waals surface area contributed by atoms with Crippen molar-refractivity contribution < 1.29 is 14.3 Å². The Morgan fingerprint density at radius 1 is 1.20 bits per heavy atom. The van der Waals surface area contributed by atoms with Crippen LogP contribution in [0.25, 0.3) is 0 Å². The van der Waals surface area contributed by atoms with Gasteiger partial charge in [0.15, 0.2) is 11.5 Å². The molecule has 0 fully saturated rings. The number of benzene rings is 2. The molecular weight excluding hydrogens is 340 g/mol. The molecule has 0 atom stereocenters. The number of fused-ring (bicyclic) bond motifs is 2. The number of carbonyl (C=O) groups excluding carboxylic acids is 1. The Kier molecular flexibility index (Phi) is 5.04. The normalized spacial score (nSPS) is 14.1. The smallest absolute Gasteiger partial charge is 0.254 e. The summed E-state index contributed by atoms with van der Waals surface area (Å²) in [6.07, 6.45) is 2.01. The fourth-order valence-corrected chi connectivity index (χ4v) is 3.30. The van der Waals surface area contributed by atoms with E-state index in [4.69, 9.17) is 9.47 Å². The molecule has 1 N–H and O–H groups in total. The van der Waals surface area contributed by atoms with Gasteiger partial charge in [0, 0.05) is 31.4 Å². The molecule has 2 aliphatic heterocycles. The van der Waals surface area contributed by atoms with Gasteiger partial charge in [-0.3, -0.25) is 4.79 Å². The van der Waals surface area contributed by atoms with Crippen molar-refractivity contribution in [3.8, 4) is 11.5 Å². The van der Waals surface area contributed by atoms with Crippen LogP contribution in [0.4, 0.5) is 5.69 Å². The van der Waals surface area contributed by atoms with Gasteiger partial charge in [0.2, 0.25) is 6.79 Å². The average Bonchev–Trinajstić information content (AvgIpc) is 3.08. The first-order chi connectivity index (χ1) is 11.7. The highest BCUT2D eigenvalue weighted by molar-refractivity contribution is 5.97. The third-order valence-corrected chi connectivity index (χ3v) is 4.53. The number of anilines is 1. The van der Waals surface area contributed by atoms with E-state index in [-0.39, 0.29) is 25.1 Å². The second kappa shape index (κ2) is 7.23. The fraction of sp³-hybridized carbons (Fsp3) is 0.316. The van der Waals surface area contributed by atoms with E-state index in [1.165, 1.54) is 0 Å². The molecule has 0 aliphatic carbocycles. The van der Waals surface area contributed by atoms with E-state index in [1.807, 2.05) is 43.4 Å². The van der Waals surface area contributed by atoms with Crippen molar-refractivity contribution in [2.24, 2.45) is 0 Å². The van der Waals surface area contributed by atoms with Crippen molar-refractivity contribution in [2.45, 2.75) is 19.4 Å². The van der Waals surface area contributed by atoms with Crippen LogP contribution in [-0.2, 0) is 13.0 Å². The molecule has 25 heavy (non-hydrogen) atoms. The summed E-state index contributed by atoms with van der Waals surface area (Å²) in [6.45, 7) is 1.76. The Bertz CT molecular complexity index is 794. The summed E-state index contributed by atoms with van der Waals surface area (Å²) < 4.78 is 10.7. The van der Waals surface area contributed by atoms with Crippen LogP contribution in [0.3, 0.4) is 0 Å². The molecule has 0 spiro atoms. The van der Waals surface area contributed by atoms with E-state index in [2.05, 4.69) is 5.32 Å². The van der Waals surface area contributed by atoms with Gasteiger partial charge in [-0.25, -0.2) is 0 Å². The predicted molar refractivity (Wildman–Crippen MR) is 98.9 cm³/mol. The number of nitrogens with one attached hydrogen (secondary N) is 1. The number of carbonyl (C=O) groups is 1. The highest BCUT2D eigenvalue weighted by Gasteiger charge is 2.21. The van der Waals surface area contributed by atoms with Crippen LogP contribution in [0.2, 0.25) is 0 Å². The quantitative estimate of drug-likeness (QED) is 0.910. The van der Waals surface area contributed by atoms with Gasteiger partial charge in [0.25, 0.3) is 5.91 Å². The van der Waals surface area contributed by atoms with Crippen molar-refractivity contribution >= 4 is 24.0 Å². The number of hydrogen-bond donors (Lipinski definition) is 1. The largest absolute Gasteiger partial charge is 0.454 e. The molecule has 2 aromatic rings. The molecule has 2 heterocycles. The van der Waals surface area contributed by atoms with Gasteiger partial charge in [-0.15, -0.1) is 12.4 Å². The third-order valence-electron chi connectivity index (χ3n) is 4.53. The van der Waals surface area contributed by atoms with Gasteiger partial charge in [0.1, 0.15) is 0 Å². The molecular formula is C19H21ClN2O3. The lowest BCUT2D eigenvalue weighted by Gasteiger charge is -2.23. The van der Waals surface area contributed by atoms with Crippen LogP contribution in [0, 0.1) is 0 Å². The van der Waals surface area contributed by atoms with Crippen molar-refractivity contribution in [3.05, 3.63) is 53.1 Å². The van der Waals surface area contributed by atoms with Crippen LogP contribution < -0.4 is 14.8 Å².